The molecule has 1 N–H and O–H groups in total. The minimum Gasteiger partial charge on any atom is -0.484 e. The van der Waals surface area contributed by atoms with Gasteiger partial charge in [0, 0.05) is 29.7 Å². The van der Waals surface area contributed by atoms with Crippen LogP contribution in [-0.4, -0.2) is 23.1 Å². The fraction of sp³-hybridized carbons (Fsp3) is 0.318. The summed E-state index contributed by atoms with van der Waals surface area (Å²) in [6.45, 7) is 2.09. The summed E-state index contributed by atoms with van der Waals surface area (Å²) in [5.41, 5.74) is 5.22. The molecule has 2 aromatic carbocycles. The molecule has 0 aliphatic heterocycles. The second-order valence-corrected chi connectivity index (χ2v) is 7.11. The van der Waals surface area contributed by atoms with Crippen LogP contribution in [0.5, 0.6) is 5.75 Å². The largest absolute Gasteiger partial charge is 0.484 e. The number of fused-ring (bicyclic) bond motifs is 3. The molecule has 0 saturated heterocycles. The summed E-state index contributed by atoms with van der Waals surface area (Å²) >= 11 is 0. The molecule has 1 aliphatic rings. The molecule has 3 aromatic rings. The van der Waals surface area contributed by atoms with Crippen molar-refractivity contribution in [2.75, 3.05) is 6.61 Å². The number of ether oxygens (including phenoxy) is 1. The maximum Gasteiger partial charge on any atom is 0.258 e. The number of aromatic nitrogens is 1. The van der Waals surface area contributed by atoms with Gasteiger partial charge in [-0.2, -0.15) is 0 Å². The highest BCUT2D eigenvalue weighted by molar-refractivity contribution is 5.86. The van der Waals surface area contributed by atoms with Crippen LogP contribution in [0.1, 0.15) is 23.2 Å². The summed E-state index contributed by atoms with van der Waals surface area (Å²) in [5, 5.41) is 4.45. The Balaban J connectivity index is 1.40. The third kappa shape index (κ3) is 3.19. The molecule has 1 amide bonds. The Bertz CT molecular complexity index is 941. The van der Waals surface area contributed by atoms with Gasteiger partial charge in [-0.15, -0.1) is 0 Å². The molecule has 4 rings (SSSR count). The number of nitrogens with one attached hydrogen (secondary N) is 1. The standard InChI is InChI=1S/C22H24N2O2/c1-15-7-10-17(11-8-15)26-14-22(25)23-16-9-12-21-19(13-16)18-5-3-4-6-20(18)24(21)2/h3-8,10-11,16H,9,12-14H2,1-2H3,(H,23,25). The van der Waals surface area contributed by atoms with Gasteiger partial charge in [0.25, 0.3) is 5.91 Å². The first-order valence-electron chi connectivity index (χ1n) is 9.16. The molecule has 134 valence electrons. The van der Waals surface area contributed by atoms with Crippen LogP contribution in [0.4, 0.5) is 0 Å². The Morgan fingerprint density at radius 2 is 1.96 bits per heavy atom. The smallest absolute Gasteiger partial charge is 0.258 e. The van der Waals surface area contributed by atoms with E-state index in [0.29, 0.717) is 0 Å². The van der Waals surface area contributed by atoms with Crippen molar-refractivity contribution in [3.63, 3.8) is 0 Å². The number of nitrogens with zero attached hydrogens (tertiary/aromatic N) is 1. The van der Waals surface area contributed by atoms with Crippen molar-refractivity contribution < 1.29 is 9.53 Å². The van der Waals surface area contributed by atoms with Crippen LogP contribution in [0.2, 0.25) is 0 Å². The minimum atomic E-state index is -0.0562. The zero-order valence-corrected chi connectivity index (χ0v) is 15.3. The van der Waals surface area contributed by atoms with E-state index in [1.807, 2.05) is 31.2 Å². The average molecular weight is 348 g/mol. The lowest BCUT2D eigenvalue weighted by Gasteiger charge is -2.24. The van der Waals surface area contributed by atoms with E-state index in [9.17, 15) is 4.79 Å². The van der Waals surface area contributed by atoms with E-state index >= 15 is 0 Å². The SMILES string of the molecule is Cc1ccc(OCC(=O)NC2CCc3c(c4ccccc4n3C)C2)cc1. The third-order valence-corrected chi connectivity index (χ3v) is 5.28. The van der Waals surface area contributed by atoms with E-state index in [1.165, 1.54) is 27.7 Å². The summed E-state index contributed by atoms with van der Waals surface area (Å²) in [4.78, 5) is 12.3. The Morgan fingerprint density at radius 3 is 2.77 bits per heavy atom. The molecular formula is C22H24N2O2. The van der Waals surface area contributed by atoms with Gasteiger partial charge in [-0.3, -0.25) is 4.79 Å². The Hall–Kier alpha value is -2.75. The second-order valence-electron chi connectivity index (χ2n) is 7.11. The fourth-order valence-electron chi connectivity index (χ4n) is 3.91. The van der Waals surface area contributed by atoms with Crippen LogP contribution < -0.4 is 10.1 Å². The lowest BCUT2D eigenvalue weighted by atomic mass is 9.91. The number of carbonyl (C=O) groups excluding carboxylic acids is 1. The molecule has 4 heteroatoms. The first kappa shape index (κ1) is 16.7. The first-order chi connectivity index (χ1) is 12.6. The van der Waals surface area contributed by atoms with E-state index in [4.69, 9.17) is 4.74 Å². The number of rotatable bonds is 4. The van der Waals surface area contributed by atoms with Gasteiger partial charge in [-0.25, -0.2) is 0 Å². The predicted octanol–water partition coefficient (Wildman–Crippen LogP) is 3.54. The molecule has 1 unspecified atom stereocenters. The van der Waals surface area contributed by atoms with Gasteiger partial charge in [0.05, 0.1) is 0 Å². The van der Waals surface area contributed by atoms with Gasteiger partial charge in [0.1, 0.15) is 5.75 Å². The van der Waals surface area contributed by atoms with Crippen molar-refractivity contribution in [1.82, 2.24) is 9.88 Å². The molecule has 26 heavy (non-hydrogen) atoms. The van der Waals surface area contributed by atoms with Crippen molar-refractivity contribution >= 4 is 16.8 Å². The molecule has 1 aliphatic carbocycles. The van der Waals surface area contributed by atoms with Crippen molar-refractivity contribution in [2.45, 2.75) is 32.2 Å². The summed E-state index contributed by atoms with van der Waals surface area (Å²) in [6, 6.07) is 16.4. The fourth-order valence-corrected chi connectivity index (χ4v) is 3.91. The molecule has 4 nitrogen and oxygen atoms in total. The minimum absolute atomic E-state index is 0.0562. The average Bonchev–Trinajstić information content (AvgIpc) is 2.94. The van der Waals surface area contributed by atoms with E-state index < -0.39 is 0 Å². The molecular weight excluding hydrogens is 324 g/mol. The van der Waals surface area contributed by atoms with Crippen LogP contribution in [0.25, 0.3) is 10.9 Å². The lowest BCUT2D eigenvalue weighted by Crippen LogP contribution is -2.41. The van der Waals surface area contributed by atoms with Crippen LogP contribution >= 0.6 is 0 Å². The number of benzene rings is 2. The van der Waals surface area contributed by atoms with Crippen LogP contribution in [-0.2, 0) is 24.7 Å². The van der Waals surface area contributed by atoms with E-state index in [-0.39, 0.29) is 18.6 Å². The molecule has 1 heterocycles. The highest BCUT2D eigenvalue weighted by Crippen LogP contribution is 2.31. The number of amides is 1. The summed E-state index contributed by atoms with van der Waals surface area (Å²) < 4.78 is 7.89. The number of para-hydroxylation sites is 1. The Labute approximate surface area is 153 Å². The van der Waals surface area contributed by atoms with Crippen LogP contribution in [0.3, 0.4) is 0 Å². The zero-order chi connectivity index (χ0) is 18.1. The van der Waals surface area contributed by atoms with Crippen molar-refractivity contribution in [3.8, 4) is 5.75 Å². The predicted molar refractivity (Wildman–Crippen MR) is 104 cm³/mol. The summed E-state index contributed by atoms with van der Waals surface area (Å²) in [7, 11) is 2.13. The number of hydrogen-bond donors (Lipinski definition) is 1. The molecule has 0 spiro atoms. The van der Waals surface area contributed by atoms with Crippen molar-refractivity contribution in [3.05, 3.63) is 65.4 Å². The molecule has 1 aromatic heterocycles. The maximum absolute atomic E-state index is 12.3. The molecule has 0 saturated carbocycles. The normalized spacial score (nSPS) is 16.3. The number of hydrogen-bond acceptors (Lipinski definition) is 2. The highest BCUT2D eigenvalue weighted by atomic mass is 16.5. The van der Waals surface area contributed by atoms with E-state index in [1.54, 1.807) is 0 Å². The van der Waals surface area contributed by atoms with Crippen molar-refractivity contribution in [2.24, 2.45) is 7.05 Å². The Kier molecular flexibility index (Phi) is 4.41. The quantitative estimate of drug-likeness (QED) is 0.784. The van der Waals surface area contributed by atoms with Gasteiger partial charge in [0.15, 0.2) is 6.61 Å². The highest BCUT2D eigenvalue weighted by Gasteiger charge is 2.25. The van der Waals surface area contributed by atoms with Crippen LogP contribution in [0, 0.1) is 6.92 Å². The number of aryl methyl sites for hydroxylation is 2. The van der Waals surface area contributed by atoms with Crippen molar-refractivity contribution in [1.29, 1.82) is 0 Å². The molecule has 1 atom stereocenters. The third-order valence-electron chi connectivity index (χ3n) is 5.28. The summed E-state index contributed by atoms with van der Waals surface area (Å²) in [6.07, 6.45) is 2.84. The number of carbonyl (C=O) groups is 1. The molecule has 0 bridgehead atoms. The van der Waals surface area contributed by atoms with Gasteiger partial charge in [-0.05, 0) is 49.9 Å². The summed E-state index contributed by atoms with van der Waals surface area (Å²) in [5.74, 6) is 0.671. The Morgan fingerprint density at radius 1 is 1.19 bits per heavy atom. The molecule has 0 fully saturated rings. The maximum atomic E-state index is 12.3. The monoisotopic (exact) mass is 348 g/mol. The van der Waals surface area contributed by atoms with Gasteiger partial charge >= 0.3 is 0 Å². The van der Waals surface area contributed by atoms with Gasteiger partial charge in [0.2, 0.25) is 0 Å². The van der Waals surface area contributed by atoms with Gasteiger partial charge in [-0.1, -0.05) is 35.9 Å². The first-order valence-corrected chi connectivity index (χ1v) is 9.16. The van der Waals surface area contributed by atoms with Gasteiger partial charge < -0.3 is 14.6 Å². The van der Waals surface area contributed by atoms with E-state index in [0.717, 1.165) is 25.0 Å². The zero-order valence-electron chi connectivity index (χ0n) is 15.3. The second kappa shape index (κ2) is 6.87. The topological polar surface area (TPSA) is 43.3 Å². The lowest BCUT2D eigenvalue weighted by molar-refractivity contribution is -0.123. The van der Waals surface area contributed by atoms with Crippen LogP contribution in [0.15, 0.2) is 48.5 Å². The molecule has 0 radical (unpaired) electrons. The van der Waals surface area contributed by atoms with E-state index in [2.05, 4.69) is 41.2 Å².